The van der Waals surface area contributed by atoms with Gasteiger partial charge in [0.1, 0.15) is 5.82 Å². The van der Waals surface area contributed by atoms with Gasteiger partial charge in [-0.2, -0.15) is 0 Å². The van der Waals surface area contributed by atoms with E-state index in [1.54, 1.807) is 0 Å². The van der Waals surface area contributed by atoms with Crippen LogP contribution >= 0.6 is 0 Å². The summed E-state index contributed by atoms with van der Waals surface area (Å²) in [5.74, 6) is 1.29. The zero-order valence-corrected chi connectivity index (χ0v) is 13.3. The van der Waals surface area contributed by atoms with Crippen LogP contribution in [-0.2, 0) is 0 Å². The first-order valence-corrected chi connectivity index (χ1v) is 7.95. The summed E-state index contributed by atoms with van der Waals surface area (Å²) in [4.78, 5) is 6.93. The van der Waals surface area contributed by atoms with Crippen LogP contribution in [0.2, 0.25) is 0 Å². The molecule has 1 saturated carbocycles. The van der Waals surface area contributed by atoms with E-state index in [1.807, 2.05) is 0 Å². The van der Waals surface area contributed by atoms with E-state index >= 15 is 0 Å². The third-order valence-electron chi connectivity index (χ3n) is 4.72. The van der Waals surface area contributed by atoms with Crippen molar-refractivity contribution in [3.8, 4) is 0 Å². The number of fused-ring (bicyclic) bond motifs is 1. The minimum atomic E-state index is 0.563. The van der Waals surface area contributed by atoms with Crippen LogP contribution in [0.15, 0.2) is 18.2 Å². The highest BCUT2D eigenvalue weighted by Crippen LogP contribution is 2.43. The summed E-state index contributed by atoms with van der Waals surface area (Å²) >= 11 is 0. The Balaban J connectivity index is 2.29. The standard InChI is InChI=1S/C18H25N3/c1-12-8-7-11-14-15(12)17(21(2)3)16(18(19)20-14)13-9-5-4-6-10-13/h7-8,11,13H,4-6,9-10H2,1-3H3,(H2,19,20). The summed E-state index contributed by atoms with van der Waals surface area (Å²) < 4.78 is 0. The number of aryl methyl sites for hydroxylation is 1. The summed E-state index contributed by atoms with van der Waals surface area (Å²) in [6, 6.07) is 6.29. The molecular formula is C18H25N3. The predicted octanol–water partition coefficient (Wildman–Crippen LogP) is 4.24. The van der Waals surface area contributed by atoms with Crippen LogP contribution in [0.1, 0.15) is 49.1 Å². The van der Waals surface area contributed by atoms with E-state index in [2.05, 4.69) is 44.1 Å². The second-order valence-electron chi connectivity index (χ2n) is 6.46. The minimum absolute atomic E-state index is 0.563. The number of anilines is 2. The van der Waals surface area contributed by atoms with Gasteiger partial charge in [0.2, 0.25) is 0 Å². The van der Waals surface area contributed by atoms with Crippen molar-refractivity contribution in [3.63, 3.8) is 0 Å². The summed E-state index contributed by atoms with van der Waals surface area (Å²) in [6.45, 7) is 2.16. The molecule has 0 bridgehead atoms. The van der Waals surface area contributed by atoms with Gasteiger partial charge in [0, 0.05) is 25.0 Å². The monoisotopic (exact) mass is 283 g/mol. The molecule has 21 heavy (non-hydrogen) atoms. The largest absolute Gasteiger partial charge is 0.383 e. The Hall–Kier alpha value is -1.77. The molecule has 0 unspecified atom stereocenters. The molecule has 0 aliphatic heterocycles. The number of rotatable bonds is 2. The Bertz CT molecular complexity index is 655. The summed E-state index contributed by atoms with van der Waals surface area (Å²) in [5, 5.41) is 1.26. The number of aromatic nitrogens is 1. The normalized spacial score (nSPS) is 16.3. The van der Waals surface area contributed by atoms with Gasteiger partial charge in [0.05, 0.1) is 11.2 Å². The lowest BCUT2D eigenvalue weighted by Gasteiger charge is -2.29. The molecule has 0 amide bonds. The fourth-order valence-corrected chi connectivity index (χ4v) is 3.76. The molecule has 1 aliphatic rings. The molecule has 0 spiro atoms. The highest BCUT2D eigenvalue weighted by Gasteiger charge is 2.25. The SMILES string of the molecule is Cc1cccc2nc(N)c(C3CCCCC3)c(N(C)C)c12. The maximum atomic E-state index is 6.37. The molecule has 1 aliphatic carbocycles. The maximum absolute atomic E-state index is 6.37. The van der Waals surface area contributed by atoms with Crippen molar-refractivity contribution in [3.05, 3.63) is 29.3 Å². The lowest BCUT2D eigenvalue weighted by Crippen LogP contribution is -2.18. The van der Waals surface area contributed by atoms with E-state index in [0.717, 1.165) is 11.3 Å². The van der Waals surface area contributed by atoms with Gasteiger partial charge in [0.15, 0.2) is 0 Å². The van der Waals surface area contributed by atoms with E-state index in [0.29, 0.717) is 5.92 Å². The van der Waals surface area contributed by atoms with Crippen LogP contribution in [0.5, 0.6) is 0 Å². The molecule has 3 nitrogen and oxygen atoms in total. The first kappa shape index (κ1) is 14.2. The molecule has 1 fully saturated rings. The van der Waals surface area contributed by atoms with Crippen molar-refractivity contribution >= 4 is 22.4 Å². The Kier molecular flexibility index (Phi) is 3.75. The number of pyridine rings is 1. The fourth-order valence-electron chi connectivity index (χ4n) is 3.76. The number of hydrogen-bond donors (Lipinski definition) is 1. The zero-order valence-electron chi connectivity index (χ0n) is 13.3. The van der Waals surface area contributed by atoms with Crippen molar-refractivity contribution < 1.29 is 0 Å². The zero-order chi connectivity index (χ0) is 15.0. The van der Waals surface area contributed by atoms with Gasteiger partial charge in [-0.1, -0.05) is 31.4 Å². The highest BCUT2D eigenvalue weighted by molar-refractivity contribution is 5.98. The van der Waals surface area contributed by atoms with Crippen molar-refractivity contribution in [1.82, 2.24) is 4.98 Å². The Labute approximate surface area is 127 Å². The average molecular weight is 283 g/mol. The highest BCUT2D eigenvalue weighted by atomic mass is 15.1. The second-order valence-corrected chi connectivity index (χ2v) is 6.46. The van der Waals surface area contributed by atoms with Gasteiger partial charge >= 0.3 is 0 Å². The van der Waals surface area contributed by atoms with Crippen LogP contribution in [0, 0.1) is 6.92 Å². The fraction of sp³-hybridized carbons (Fsp3) is 0.500. The first-order valence-electron chi connectivity index (χ1n) is 7.95. The van der Waals surface area contributed by atoms with Crippen LogP contribution in [-0.4, -0.2) is 19.1 Å². The molecular weight excluding hydrogens is 258 g/mol. The van der Waals surface area contributed by atoms with Gasteiger partial charge < -0.3 is 10.6 Å². The molecule has 1 aromatic heterocycles. The summed E-state index contributed by atoms with van der Waals surface area (Å²) in [6.07, 6.45) is 6.45. The lowest BCUT2D eigenvalue weighted by molar-refractivity contribution is 0.444. The smallest absolute Gasteiger partial charge is 0.129 e. The van der Waals surface area contributed by atoms with Gasteiger partial charge in [-0.15, -0.1) is 0 Å². The van der Waals surface area contributed by atoms with Gasteiger partial charge in [-0.25, -0.2) is 4.98 Å². The summed E-state index contributed by atoms with van der Waals surface area (Å²) in [7, 11) is 4.24. The number of nitrogens with two attached hydrogens (primary N) is 1. The lowest BCUT2D eigenvalue weighted by atomic mass is 9.82. The topological polar surface area (TPSA) is 42.1 Å². The van der Waals surface area contributed by atoms with Crippen LogP contribution < -0.4 is 10.6 Å². The number of benzene rings is 1. The van der Waals surface area contributed by atoms with E-state index < -0.39 is 0 Å². The molecule has 2 N–H and O–H groups in total. The molecule has 0 atom stereocenters. The number of hydrogen-bond acceptors (Lipinski definition) is 3. The van der Waals surface area contributed by atoms with E-state index in [-0.39, 0.29) is 0 Å². The Morgan fingerprint density at radius 3 is 2.52 bits per heavy atom. The van der Waals surface area contributed by atoms with Crippen LogP contribution in [0.3, 0.4) is 0 Å². The quantitative estimate of drug-likeness (QED) is 0.896. The predicted molar refractivity (Wildman–Crippen MR) is 91.0 cm³/mol. The van der Waals surface area contributed by atoms with E-state index in [9.17, 15) is 0 Å². The van der Waals surface area contributed by atoms with Crippen molar-refractivity contribution in [2.45, 2.75) is 44.9 Å². The molecule has 1 aromatic carbocycles. The van der Waals surface area contributed by atoms with Crippen LogP contribution in [0.4, 0.5) is 11.5 Å². The van der Waals surface area contributed by atoms with Crippen molar-refractivity contribution in [2.24, 2.45) is 0 Å². The molecule has 3 heteroatoms. The third kappa shape index (κ3) is 2.45. The van der Waals surface area contributed by atoms with Crippen molar-refractivity contribution in [1.29, 1.82) is 0 Å². The van der Waals surface area contributed by atoms with Crippen LogP contribution in [0.25, 0.3) is 10.9 Å². The molecule has 3 rings (SSSR count). The Morgan fingerprint density at radius 2 is 1.86 bits per heavy atom. The average Bonchev–Trinajstić information content (AvgIpc) is 2.47. The summed E-state index contributed by atoms with van der Waals surface area (Å²) in [5.41, 5.74) is 11.2. The van der Waals surface area contributed by atoms with Gasteiger partial charge in [-0.3, -0.25) is 0 Å². The molecule has 0 radical (unpaired) electrons. The van der Waals surface area contributed by atoms with Crippen molar-refractivity contribution in [2.75, 3.05) is 24.7 Å². The first-order chi connectivity index (χ1) is 10.1. The molecule has 1 heterocycles. The van der Waals surface area contributed by atoms with E-state index in [4.69, 9.17) is 10.7 Å². The third-order valence-corrected chi connectivity index (χ3v) is 4.72. The van der Waals surface area contributed by atoms with Gasteiger partial charge in [0.25, 0.3) is 0 Å². The minimum Gasteiger partial charge on any atom is -0.383 e. The molecule has 112 valence electrons. The second kappa shape index (κ2) is 5.55. The maximum Gasteiger partial charge on any atom is 0.129 e. The Morgan fingerprint density at radius 1 is 1.14 bits per heavy atom. The molecule has 2 aromatic rings. The number of nitrogen functional groups attached to an aromatic ring is 1. The number of nitrogens with zero attached hydrogens (tertiary/aromatic N) is 2. The molecule has 0 saturated heterocycles. The van der Waals surface area contributed by atoms with Gasteiger partial charge in [-0.05, 0) is 37.3 Å². The van der Waals surface area contributed by atoms with E-state index in [1.165, 1.54) is 54.3 Å².